The molecule has 4 heterocycles. The monoisotopic (exact) mass is 384 g/mol. The standard InChI is InChI=1S/C21H32N6O/c1-24(2)18-8-7-17(14-25(3)15-18)21(28)26-12-9-16(10-13-26)20-23-22-19-6-4-5-11-27(19)20/h4-6,11,16-18H,7-10,12-15H2,1-3H3/t17-,18+/m1/s1. The molecule has 0 bridgehead atoms. The zero-order valence-corrected chi connectivity index (χ0v) is 17.3. The number of amides is 1. The minimum Gasteiger partial charge on any atom is -0.342 e. The van der Waals surface area contributed by atoms with E-state index >= 15 is 0 Å². The van der Waals surface area contributed by atoms with Crippen molar-refractivity contribution in [2.45, 2.75) is 37.6 Å². The molecule has 0 aromatic carbocycles. The summed E-state index contributed by atoms with van der Waals surface area (Å²) in [6, 6.07) is 6.52. The van der Waals surface area contributed by atoms with E-state index in [9.17, 15) is 4.79 Å². The summed E-state index contributed by atoms with van der Waals surface area (Å²) in [5.74, 6) is 1.87. The van der Waals surface area contributed by atoms with Crippen LogP contribution in [0.4, 0.5) is 0 Å². The second-order valence-electron chi connectivity index (χ2n) is 8.70. The molecule has 2 aromatic rings. The van der Waals surface area contributed by atoms with Crippen LogP contribution >= 0.6 is 0 Å². The van der Waals surface area contributed by atoms with Crippen molar-refractivity contribution in [1.29, 1.82) is 0 Å². The van der Waals surface area contributed by atoms with Crippen LogP contribution in [0.15, 0.2) is 24.4 Å². The van der Waals surface area contributed by atoms with E-state index < -0.39 is 0 Å². The molecule has 2 fully saturated rings. The first kappa shape index (κ1) is 19.3. The minimum atomic E-state index is 0.125. The van der Waals surface area contributed by atoms with Crippen LogP contribution in [0.25, 0.3) is 5.65 Å². The van der Waals surface area contributed by atoms with Crippen molar-refractivity contribution >= 4 is 11.6 Å². The summed E-state index contributed by atoms with van der Waals surface area (Å²) in [5.41, 5.74) is 0.896. The van der Waals surface area contributed by atoms with Crippen LogP contribution in [0.1, 0.15) is 37.4 Å². The Morgan fingerprint density at radius 3 is 2.61 bits per heavy atom. The Balaban J connectivity index is 1.37. The Kier molecular flexibility index (Phi) is 5.64. The van der Waals surface area contributed by atoms with E-state index in [4.69, 9.17) is 0 Å². The lowest BCUT2D eigenvalue weighted by Gasteiger charge is -2.34. The first-order valence-electron chi connectivity index (χ1n) is 10.5. The number of pyridine rings is 1. The molecule has 0 saturated carbocycles. The first-order valence-corrected chi connectivity index (χ1v) is 10.5. The Bertz CT molecular complexity index is 810. The third-order valence-electron chi connectivity index (χ3n) is 6.49. The molecule has 2 aliphatic rings. The second-order valence-corrected chi connectivity index (χ2v) is 8.70. The van der Waals surface area contributed by atoms with Gasteiger partial charge in [-0.05, 0) is 59.0 Å². The van der Waals surface area contributed by atoms with Crippen molar-refractivity contribution in [3.05, 3.63) is 30.2 Å². The van der Waals surface area contributed by atoms with Gasteiger partial charge in [0.1, 0.15) is 5.82 Å². The fourth-order valence-electron chi connectivity index (χ4n) is 4.76. The van der Waals surface area contributed by atoms with Crippen LogP contribution < -0.4 is 0 Å². The topological polar surface area (TPSA) is 57.0 Å². The summed E-state index contributed by atoms with van der Waals surface area (Å²) >= 11 is 0. The number of carbonyl (C=O) groups excluding carboxylic acids is 1. The predicted octanol–water partition coefficient (Wildman–Crippen LogP) is 1.71. The van der Waals surface area contributed by atoms with Crippen LogP contribution in [0, 0.1) is 5.92 Å². The number of aromatic nitrogens is 3. The number of hydrogen-bond donors (Lipinski definition) is 0. The largest absolute Gasteiger partial charge is 0.342 e. The molecule has 0 spiro atoms. The van der Waals surface area contributed by atoms with Gasteiger partial charge in [-0.2, -0.15) is 0 Å². The predicted molar refractivity (Wildman–Crippen MR) is 109 cm³/mol. The van der Waals surface area contributed by atoms with Crippen LogP contribution in [-0.2, 0) is 4.79 Å². The van der Waals surface area contributed by atoms with E-state index in [1.165, 1.54) is 0 Å². The van der Waals surface area contributed by atoms with Gasteiger partial charge >= 0.3 is 0 Å². The van der Waals surface area contributed by atoms with Crippen LogP contribution in [0.5, 0.6) is 0 Å². The molecule has 2 aliphatic heterocycles. The average molecular weight is 385 g/mol. The molecule has 7 heteroatoms. The molecule has 2 atom stereocenters. The number of nitrogens with zero attached hydrogens (tertiary/aromatic N) is 6. The molecule has 28 heavy (non-hydrogen) atoms. The van der Waals surface area contributed by atoms with E-state index in [0.29, 0.717) is 17.9 Å². The number of likely N-dealkylation sites (tertiary alicyclic amines) is 2. The number of piperidine rings is 1. The molecule has 1 amide bonds. The lowest BCUT2D eigenvalue weighted by atomic mass is 9.93. The van der Waals surface area contributed by atoms with Gasteiger partial charge in [-0.1, -0.05) is 6.07 Å². The van der Waals surface area contributed by atoms with Gasteiger partial charge in [0.2, 0.25) is 5.91 Å². The molecule has 2 aromatic heterocycles. The van der Waals surface area contributed by atoms with Crippen LogP contribution in [-0.4, -0.2) is 88.6 Å². The van der Waals surface area contributed by atoms with Crippen molar-refractivity contribution in [2.75, 3.05) is 47.3 Å². The van der Waals surface area contributed by atoms with E-state index in [2.05, 4.69) is 50.4 Å². The molecule has 4 rings (SSSR count). The molecule has 2 saturated heterocycles. The molecule has 0 N–H and O–H groups in total. The maximum atomic E-state index is 13.2. The second kappa shape index (κ2) is 8.17. The summed E-state index contributed by atoms with van der Waals surface area (Å²) < 4.78 is 2.09. The number of rotatable bonds is 3. The van der Waals surface area contributed by atoms with E-state index in [0.717, 1.165) is 63.3 Å². The highest BCUT2D eigenvalue weighted by atomic mass is 16.2. The number of hydrogen-bond acceptors (Lipinski definition) is 5. The summed E-state index contributed by atoms with van der Waals surface area (Å²) in [6.07, 6.45) is 6.04. The molecular formula is C21H32N6O. The van der Waals surface area contributed by atoms with Gasteiger partial charge in [0.05, 0.1) is 5.92 Å². The molecule has 152 valence electrons. The van der Waals surface area contributed by atoms with Gasteiger partial charge in [-0.3, -0.25) is 9.20 Å². The average Bonchev–Trinajstić information content (AvgIpc) is 3.03. The summed E-state index contributed by atoms with van der Waals surface area (Å²) in [4.78, 5) is 19.9. The van der Waals surface area contributed by atoms with Gasteiger partial charge < -0.3 is 14.7 Å². The Morgan fingerprint density at radius 1 is 1.07 bits per heavy atom. The summed E-state index contributed by atoms with van der Waals surface area (Å²) in [6.45, 7) is 3.56. The summed E-state index contributed by atoms with van der Waals surface area (Å²) in [5, 5.41) is 8.71. The summed E-state index contributed by atoms with van der Waals surface area (Å²) in [7, 11) is 6.42. The number of carbonyl (C=O) groups is 1. The van der Waals surface area contributed by atoms with Crippen molar-refractivity contribution in [2.24, 2.45) is 5.92 Å². The SMILES string of the molecule is CN1C[C@H](C(=O)N2CCC(c3nnc4ccccn34)CC2)CC[C@H](N(C)C)C1. The lowest BCUT2D eigenvalue weighted by molar-refractivity contribution is -0.137. The maximum absolute atomic E-state index is 13.2. The van der Waals surface area contributed by atoms with Crippen molar-refractivity contribution in [1.82, 2.24) is 29.3 Å². The van der Waals surface area contributed by atoms with Gasteiger partial charge in [0, 0.05) is 44.3 Å². The minimum absolute atomic E-state index is 0.125. The van der Waals surface area contributed by atoms with Gasteiger partial charge in [0.15, 0.2) is 5.65 Å². The molecule has 7 nitrogen and oxygen atoms in total. The first-order chi connectivity index (χ1) is 13.5. The van der Waals surface area contributed by atoms with Gasteiger partial charge in [-0.25, -0.2) is 0 Å². The van der Waals surface area contributed by atoms with Gasteiger partial charge in [-0.15, -0.1) is 10.2 Å². The van der Waals surface area contributed by atoms with E-state index in [1.54, 1.807) is 0 Å². The Hall–Kier alpha value is -1.99. The van der Waals surface area contributed by atoms with Gasteiger partial charge in [0.25, 0.3) is 0 Å². The fourth-order valence-corrected chi connectivity index (χ4v) is 4.76. The Labute approximate surface area is 167 Å². The highest BCUT2D eigenvalue weighted by Gasteiger charge is 2.33. The molecule has 0 unspecified atom stereocenters. The maximum Gasteiger partial charge on any atom is 0.226 e. The van der Waals surface area contributed by atoms with E-state index in [1.807, 2.05) is 24.4 Å². The normalized spacial score (nSPS) is 25.4. The van der Waals surface area contributed by atoms with Crippen LogP contribution in [0.2, 0.25) is 0 Å². The zero-order chi connectivity index (χ0) is 19.7. The van der Waals surface area contributed by atoms with E-state index in [-0.39, 0.29) is 5.92 Å². The quantitative estimate of drug-likeness (QED) is 0.806. The van der Waals surface area contributed by atoms with Crippen molar-refractivity contribution in [3.63, 3.8) is 0 Å². The number of likely N-dealkylation sites (N-methyl/N-ethyl adjacent to an activating group) is 2. The molecular weight excluding hydrogens is 352 g/mol. The highest BCUT2D eigenvalue weighted by molar-refractivity contribution is 5.79. The molecule has 0 radical (unpaired) electrons. The van der Waals surface area contributed by atoms with Crippen LogP contribution in [0.3, 0.4) is 0 Å². The van der Waals surface area contributed by atoms with Crippen molar-refractivity contribution in [3.8, 4) is 0 Å². The Morgan fingerprint density at radius 2 is 1.86 bits per heavy atom. The smallest absolute Gasteiger partial charge is 0.226 e. The third-order valence-corrected chi connectivity index (χ3v) is 6.49. The zero-order valence-electron chi connectivity index (χ0n) is 17.3. The third kappa shape index (κ3) is 3.91. The fraction of sp³-hybridized carbons (Fsp3) is 0.667. The lowest BCUT2D eigenvalue weighted by Crippen LogP contribution is -2.44. The molecule has 0 aliphatic carbocycles. The highest BCUT2D eigenvalue weighted by Crippen LogP contribution is 2.29. The number of fused-ring (bicyclic) bond motifs is 1. The van der Waals surface area contributed by atoms with Crippen molar-refractivity contribution < 1.29 is 4.79 Å².